The number of Topliss-reactive ketones (excluding diaryl/α,β-unsaturated/α-hetero) is 1. The van der Waals surface area contributed by atoms with Crippen LogP contribution in [0.15, 0.2) is 24.3 Å². The first-order valence-corrected chi connectivity index (χ1v) is 7.64. The Labute approximate surface area is 112 Å². The third kappa shape index (κ3) is 4.04. The van der Waals surface area contributed by atoms with Gasteiger partial charge in [-0.15, -0.1) is 0 Å². The van der Waals surface area contributed by atoms with Crippen LogP contribution in [0.2, 0.25) is 5.02 Å². The average molecular weight is 269 g/mol. The van der Waals surface area contributed by atoms with Crippen molar-refractivity contribution in [1.82, 2.24) is 0 Å². The molecule has 1 saturated carbocycles. The van der Waals surface area contributed by atoms with E-state index in [1.165, 1.54) is 5.56 Å². The quantitative estimate of drug-likeness (QED) is 0.740. The van der Waals surface area contributed by atoms with Gasteiger partial charge in [-0.2, -0.15) is 11.8 Å². The van der Waals surface area contributed by atoms with Crippen LogP contribution in [0.4, 0.5) is 0 Å². The summed E-state index contributed by atoms with van der Waals surface area (Å²) in [5.41, 5.74) is 1.30. The van der Waals surface area contributed by atoms with Crippen molar-refractivity contribution in [2.75, 3.05) is 5.75 Å². The summed E-state index contributed by atoms with van der Waals surface area (Å²) >= 11 is 7.74. The maximum Gasteiger partial charge on any atom is 0.136 e. The van der Waals surface area contributed by atoms with Crippen molar-refractivity contribution in [2.24, 2.45) is 5.92 Å². The van der Waals surface area contributed by atoms with Crippen LogP contribution in [0.25, 0.3) is 0 Å². The Kier molecular flexibility index (Phi) is 4.93. The highest BCUT2D eigenvalue weighted by molar-refractivity contribution is 7.98. The third-order valence-electron chi connectivity index (χ3n) is 3.22. The molecule has 0 heterocycles. The molecule has 0 N–H and O–H groups in total. The Morgan fingerprint density at radius 2 is 2.06 bits per heavy atom. The molecule has 1 aliphatic rings. The summed E-state index contributed by atoms with van der Waals surface area (Å²) in [4.78, 5) is 11.5. The van der Waals surface area contributed by atoms with Gasteiger partial charge in [-0.05, 0) is 42.7 Å². The minimum absolute atomic E-state index is 0.354. The first-order chi connectivity index (χ1) is 8.25. The van der Waals surface area contributed by atoms with Gasteiger partial charge in [0.25, 0.3) is 0 Å². The number of carbonyl (C=O) groups excluding carboxylic acids is 1. The molecule has 0 amide bonds. The molecule has 1 unspecified atom stereocenters. The van der Waals surface area contributed by atoms with Crippen molar-refractivity contribution in [1.29, 1.82) is 0 Å². The van der Waals surface area contributed by atoms with Gasteiger partial charge in [0.15, 0.2) is 0 Å². The van der Waals surface area contributed by atoms with E-state index >= 15 is 0 Å². The van der Waals surface area contributed by atoms with Crippen molar-refractivity contribution >= 4 is 29.1 Å². The van der Waals surface area contributed by atoms with Gasteiger partial charge in [-0.3, -0.25) is 4.79 Å². The van der Waals surface area contributed by atoms with E-state index < -0.39 is 0 Å². The van der Waals surface area contributed by atoms with E-state index in [0.29, 0.717) is 11.7 Å². The number of ketones is 1. The van der Waals surface area contributed by atoms with Crippen LogP contribution < -0.4 is 0 Å². The highest BCUT2D eigenvalue weighted by atomic mass is 35.5. The fourth-order valence-corrected chi connectivity index (χ4v) is 3.34. The van der Waals surface area contributed by atoms with Crippen molar-refractivity contribution in [3.05, 3.63) is 34.9 Å². The lowest BCUT2D eigenvalue weighted by atomic mass is 10.1. The van der Waals surface area contributed by atoms with Crippen LogP contribution in [0, 0.1) is 5.92 Å². The van der Waals surface area contributed by atoms with Gasteiger partial charge >= 0.3 is 0 Å². The average Bonchev–Trinajstić information content (AvgIpc) is 2.73. The lowest BCUT2D eigenvalue weighted by molar-refractivity contribution is -0.120. The van der Waals surface area contributed by atoms with Crippen LogP contribution in [0.3, 0.4) is 0 Å². The number of carbonyl (C=O) groups is 1. The second kappa shape index (κ2) is 6.46. The summed E-state index contributed by atoms with van der Waals surface area (Å²) in [7, 11) is 0. The predicted octanol–water partition coefficient (Wildman–Crippen LogP) is 4.33. The van der Waals surface area contributed by atoms with E-state index in [9.17, 15) is 4.79 Å². The van der Waals surface area contributed by atoms with Crippen molar-refractivity contribution in [3.8, 4) is 0 Å². The molecular formula is C14H17ClOS. The molecule has 0 aromatic heterocycles. The molecule has 1 aromatic carbocycles. The fraction of sp³-hybridized carbons (Fsp3) is 0.500. The highest BCUT2D eigenvalue weighted by Crippen LogP contribution is 2.26. The number of halogens is 1. The van der Waals surface area contributed by atoms with E-state index in [2.05, 4.69) is 12.1 Å². The summed E-state index contributed by atoms with van der Waals surface area (Å²) in [6.45, 7) is 0. The molecule has 1 fully saturated rings. The van der Waals surface area contributed by atoms with Crippen LogP contribution in [-0.4, -0.2) is 11.5 Å². The summed E-state index contributed by atoms with van der Waals surface area (Å²) < 4.78 is 0. The van der Waals surface area contributed by atoms with Gasteiger partial charge in [0.2, 0.25) is 0 Å². The summed E-state index contributed by atoms with van der Waals surface area (Å²) in [6, 6.07) is 7.99. The maximum atomic E-state index is 11.5. The molecule has 3 heteroatoms. The van der Waals surface area contributed by atoms with Gasteiger partial charge in [0.1, 0.15) is 5.78 Å². The van der Waals surface area contributed by atoms with Crippen LogP contribution >= 0.6 is 23.4 Å². The largest absolute Gasteiger partial charge is 0.299 e. The first kappa shape index (κ1) is 13.0. The summed E-state index contributed by atoms with van der Waals surface area (Å²) in [5, 5.41) is 0.787. The van der Waals surface area contributed by atoms with Gasteiger partial charge in [0, 0.05) is 23.1 Å². The number of benzene rings is 1. The lowest BCUT2D eigenvalue weighted by Crippen LogP contribution is -2.06. The number of hydrogen-bond donors (Lipinski definition) is 0. The van der Waals surface area contributed by atoms with Crippen LogP contribution in [0.1, 0.15) is 31.2 Å². The molecule has 1 nitrogen and oxygen atoms in total. The number of thioether (sulfide) groups is 1. The van der Waals surface area contributed by atoms with Crippen molar-refractivity contribution < 1.29 is 4.79 Å². The Bertz CT molecular complexity index is 374. The molecule has 0 radical (unpaired) electrons. The van der Waals surface area contributed by atoms with E-state index in [-0.39, 0.29) is 0 Å². The maximum absolute atomic E-state index is 11.5. The molecule has 2 rings (SSSR count). The predicted molar refractivity (Wildman–Crippen MR) is 74.6 cm³/mol. The minimum Gasteiger partial charge on any atom is -0.299 e. The molecule has 0 aliphatic heterocycles. The van der Waals surface area contributed by atoms with Crippen molar-refractivity contribution in [2.45, 2.75) is 31.4 Å². The SMILES string of the molecule is O=C1CCCC1CCSCc1ccc(Cl)cc1. The summed E-state index contributed by atoms with van der Waals surface area (Å²) in [6.07, 6.45) is 4.08. The summed E-state index contributed by atoms with van der Waals surface area (Å²) in [5.74, 6) is 2.93. The first-order valence-electron chi connectivity index (χ1n) is 6.10. The Hall–Kier alpha value is -0.470. The van der Waals surface area contributed by atoms with Crippen LogP contribution in [0.5, 0.6) is 0 Å². The highest BCUT2D eigenvalue weighted by Gasteiger charge is 2.23. The molecule has 1 aromatic rings. The van der Waals surface area contributed by atoms with E-state index in [0.717, 1.165) is 42.2 Å². The minimum atomic E-state index is 0.354. The second-order valence-electron chi connectivity index (χ2n) is 4.52. The Morgan fingerprint density at radius 3 is 2.71 bits per heavy atom. The monoisotopic (exact) mass is 268 g/mol. The fourth-order valence-electron chi connectivity index (χ4n) is 2.19. The second-order valence-corrected chi connectivity index (χ2v) is 6.06. The van der Waals surface area contributed by atoms with Gasteiger partial charge in [-0.25, -0.2) is 0 Å². The number of rotatable bonds is 5. The molecule has 0 bridgehead atoms. The van der Waals surface area contributed by atoms with Gasteiger partial charge < -0.3 is 0 Å². The standard InChI is InChI=1S/C14H17ClOS/c15-13-6-4-11(5-7-13)10-17-9-8-12-2-1-3-14(12)16/h4-7,12H,1-3,8-10H2. The van der Waals surface area contributed by atoms with E-state index in [4.69, 9.17) is 11.6 Å². The lowest BCUT2D eigenvalue weighted by Gasteiger charge is -2.07. The Morgan fingerprint density at radius 1 is 1.29 bits per heavy atom. The normalized spacial score (nSPS) is 19.8. The molecule has 1 aliphatic carbocycles. The van der Waals surface area contributed by atoms with Gasteiger partial charge in [0.05, 0.1) is 0 Å². The topological polar surface area (TPSA) is 17.1 Å². The molecule has 17 heavy (non-hydrogen) atoms. The molecule has 0 spiro atoms. The molecule has 92 valence electrons. The van der Waals surface area contributed by atoms with Gasteiger partial charge in [-0.1, -0.05) is 23.7 Å². The molecular weight excluding hydrogens is 252 g/mol. The zero-order valence-electron chi connectivity index (χ0n) is 9.82. The van der Waals surface area contributed by atoms with E-state index in [1.807, 2.05) is 23.9 Å². The zero-order chi connectivity index (χ0) is 12.1. The molecule has 0 saturated heterocycles. The smallest absolute Gasteiger partial charge is 0.136 e. The van der Waals surface area contributed by atoms with Crippen LogP contribution in [-0.2, 0) is 10.5 Å². The van der Waals surface area contributed by atoms with Crippen molar-refractivity contribution in [3.63, 3.8) is 0 Å². The third-order valence-corrected chi connectivity index (χ3v) is 4.54. The number of hydrogen-bond acceptors (Lipinski definition) is 2. The Balaban J connectivity index is 1.66. The zero-order valence-corrected chi connectivity index (χ0v) is 11.4. The molecule has 1 atom stereocenters. The van der Waals surface area contributed by atoms with E-state index in [1.54, 1.807) is 0 Å².